The summed E-state index contributed by atoms with van der Waals surface area (Å²) in [5.74, 6) is 2.35. The second-order valence-corrected chi connectivity index (χ2v) is 8.26. The Bertz CT molecular complexity index is 1010. The maximum Gasteiger partial charge on any atom is 0.231 e. The van der Waals surface area contributed by atoms with Crippen LogP contribution in [0.2, 0.25) is 10.0 Å². The Labute approximate surface area is 187 Å². The molecule has 4 nitrogen and oxygen atoms in total. The molecule has 0 aliphatic carbocycles. The molecule has 0 aromatic heterocycles. The second kappa shape index (κ2) is 9.26. The molecule has 1 aliphatic rings. The molecule has 0 saturated carbocycles. The zero-order valence-corrected chi connectivity index (χ0v) is 18.5. The van der Waals surface area contributed by atoms with Gasteiger partial charge in [0, 0.05) is 38.7 Å². The zero-order chi connectivity index (χ0) is 20.2. The molecule has 150 valence electrons. The molecule has 0 fully saturated rings. The molecular weight excluding hydrogens is 477 g/mol. The number of nitrogens with one attached hydrogen (secondary N) is 1. The van der Waals surface area contributed by atoms with Crippen molar-refractivity contribution in [1.82, 2.24) is 5.32 Å². The molecule has 4 rings (SSSR count). The minimum Gasteiger partial charge on any atom is -0.488 e. The first-order valence-electron chi connectivity index (χ1n) is 9.03. The Balaban J connectivity index is 1.41. The predicted molar refractivity (Wildman–Crippen MR) is 118 cm³/mol. The lowest BCUT2D eigenvalue weighted by Gasteiger charge is -2.14. The van der Waals surface area contributed by atoms with Crippen LogP contribution in [0.1, 0.15) is 16.7 Å². The van der Waals surface area contributed by atoms with Gasteiger partial charge < -0.3 is 19.5 Å². The van der Waals surface area contributed by atoms with Gasteiger partial charge in [-0.25, -0.2) is 0 Å². The van der Waals surface area contributed by atoms with Crippen LogP contribution >= 0.6 is 39.1 Å². The molecule has 1 heterocycles. The molecule has 0 atom stereocenters. The fraction of sp³-hybridized carbons (Fsp3) is 0.182. The van der Waals surface area contributed by atoms with Gasteiger partial charge in [-0.2, -0.15) is 0 Å². The van der Waals surface area contributed by atoms with Crippen LogP contribution in [0, 0.1) is 0 Å². The van der Waals surface area contributed by atoms with Gasteiger partial charge in [0.05, 0.1) is 0 Å². The SMILES string of the molecule is Clc1cccc(Cl)c1COc1ccc(Br)cc1CNCc1ccc2c(c1)OCO2. The highest BCUT2D eigenvalue weighted by atomic mass is 79.9. The van der Waals surface area contributed by atoms with Crippen molar-refractivity contribution in [2.45, 2.75) is 19.7 Å². The van der Waals surface area contributed by atoms with Gasteiger partial charge in [-0.3, -0.25) is 0 Å². The van der Waals surface area contributed by atoms with Crippen molar-refractivity contribution >= 4 is 39.1 Å². The number of benzene rings is 3. The quantitative estimate of drug-likeness (QED) is 0.415. The lowest BCUT2D eigenvalue weighted by molar-refractivity contribution is 0.174. The van der Waals surface area contributed by atoms with Gasteiger partial charge in [0.15, 0.2) is 11.5 Å². The lowest BCUT2D eigenvalue weighted by atomic mass is 10.1. The van der Waals surface area contributed by atoms with Crippen LogP contribution in [0.3, 0.4) is 0 Å². The zero-order valence-electron chi connectivity index (χ0n) is 15.4. The Morgan fingerprint density at radius 1 is 0.931 bits per heavy atom. The number of rotatable bonds is 7. The summed E-state index contributed by atoms with van der Waals surface area (Å²) in [5.41, 5.74) is 2.93. The standard InChI is InChI=1S/C22H18BrCl2NO3/c23-16-5-7-20(27-12-17-18(24)2-1-3-19(17)25)15(9-16)11-26-10-14-4-6-21-22(8-14)29-13-28-21/h1-9,26H,10-13H2. The van der Waals surface area contributed by atoms with E-state index in [1.165, 1.54) is 0 Å². The van der Waals surface area contributed by atoms with E-state index in [9.17, 15) is 0 Å². The first-order chi connectivity index (χ1) is 14.1. The van der Waals surface area contributed by atoms with E-state index < -0.39 is 0 Å². The molecule has 0 bridgehead atoms. The average Bonchev–Trinajstić information content (AvgIpc) is 3.17. The van der Waals surface area contributed by atoms with Crippen molar-refractivity contribution < 1.29 is 14.2 Å². The van der Waals surface area contributed by atoms with Gasteiger partial charge in [0.1, 0.15) is 12.4 Å². The normalized spacial score (nSPS) is 12.2. The van der Waals surface area contributed by atoms with E-state index in [1.807, 2.05) is 54.6 Å². The molecule has 0 spiro atoms. The maximum atomic E-state index is 6.25. The summed E-state index contributed by atoms with van der Waals surface area (Å²) in [6.07, 6.45) is 0. The molecule has 29 heavy (non-hydrogen) atoms. The molecule has 0 radical (unpaired) electrons. The average molecular weight is 495 g/mol. The molecule has 7 heteroatoms. The van der Waals surface area contributed by atoms with Crippen LogP contribution in [0.15, 0.2) is 59.1 Å². The molecule has 1 N–H and O–H groups in total. The highest BCUT2D eigenvalue weighted by molar-refractivity contribution is 9.10. The van der Waals surface area contributed by atoms with Crippen LogP contribution in [-0.2, 0) is 19.7 Å². The first-order valence-corrected chi connectivity index (χ1v) is 10.6. The maximum absolute atomic E-state index is 6.25. The lowest BCUT2D eigenvalue weighted by Crippen LogP contribution is -2.13. The summed E-state index contributed by atoms with van der Waals surface area (Å²) in [7, 11) is 0. The van der Waals surface area contributed by atoms with E-state index in [1.54, 1.807) is 0 Å². The molecular formula is C22H18BrCl2NO3. The van der Waals surface area contributed by atoms with E-state index in [-0.39, 0.29) is 6.79 Å². The minimum absolute atomic E-state index is 0.278. The van der Waals surface area contributed by atoms with Gasteiger partial charge in [0.2, 0.25) is 6.79 Å². The number of ether oxygens (including phenoxy) is 3. The van der Waals surface area contributed by atoms with E-state index in [0.29, 0.717) is 29.7 Å². The van der Waals surface area contributed by atoms with Crippen molar-refractivity contribution in [3.05, 3.63) is 85.8 Å². The molecule has 3 aromatic rings. The Morgan fingerprint density at radius 3 is 2.55 bits per heavy atom. The third-order valence-corrected chi connectivity index (χ3v) is 5.74. The van der Waals surface area contributed by atoms with Crippen LogP contribution in [0.25, 0.3) is 0 Å². The summed E-state index contributed by atoms with van der Waals surface area (Å²) >= 11 is 16.0. The van der Waals surface area contributed by atoms with E-state index in [0.717, 1.165) is 38.4 Å². The van der Waals surface area contributed by atoms with Gasteiger partial charge >= 0.3 is 0 Å². The van der Waals surface area contributed by atoms with Gasteiger partial charge in [-0.15, -0.1) is 0 Å². The fourth-order valence-corrected chi connectivity index (χ4v) is 3.95. The van der Waals surface area contributed by atoms with E-state index in [4.69, 9.17) is 37.4 Å². The Morgan fingerprint density at radius 2 is 1.72 bits per heavy atom. The third-order valence-electron chi connectivity index (χ3n) is 4.54. The summed E-state index contributed by atoms with van der Waals surface area (Å²) < 4.78 is 17.8. The summed E-state index contributed by atoms with van der Waals surface area (Å²) in [6, 6.07) is 17.3. The largest absolute Gasteiger partial charge is 0.488 e. The number of hydrogen-bond acceptors (Lipinski definition) is 4. The van der Waals surface area contributed by atoms with Crippen LogP contribution in [0.4, 0.5) is 0 Å². The third kappa shape index (κ3) is 4.98. The van der Waals surface area contributed by atoms with Crippen molar-refractivity contribution in [3.63, 3.8) is 0 Å². The first kappa shape index (κ1) is 20.4. The fourth-order valence-electron chi connectivity index (χ4n) is 3.04. The van der Waals surface area contributed by atoms with Crippen LogP contribution in [0.5, 0.6) is 17.2 Å². The van der Waals surface area contributed by atoms with Crippen LogP contribution < -0.4 is 19.5 Å². The number of hydrogen-bond donors (Lipinski definition) is 1. The molecule has 1 aliphatic heterocycles. The predicted octanol–water partition coefficient (Wildman–Crippen LogP) is 6.35. The molecule has 0 saturated heterocycles. The van der Waals surface area contributed by atoms with Crippen molar-refractivity contribution in [2.75, 3.05) is 6.79 Å². The minimum atomic E-state index is 0.278. The topological polar surface area (TPSA) is 39.7 Å². The molecule has 3 aromatic carbocycles. The van der Waals surface area contributed by atoms with Gasteiger partial charge in [-0.1, -0.05) is 51.3 Å². The monoisotopic (exact) mass is 493 g/mol. The highest BCUT2D eigenvalue weighted by Gasteiger charge is 2.13. The smallest absolute Gasteiger partial charge is 0.231 e. The van der Waals surface area contributed by atoms with E-state index >= 15 is 0 Å². The van der Waals surface area contributed by atoms with Crippen LogP contribution in [-0.4, -0.2) is 6.79 Å². The summed E-state index contributed by atoms with van der Waals surface area (Å²) in [6.45, 7) is 1.91. The summed E-state index contributed by atoms with van der Waals surface area (Å²) in [4.78, 5) is 0. The Kier molecular flexibility index (Phi) is 6.50. The van der Waals surface area contributed by atoms with Crippen molar-refractivity contribution in [1.29, 1.82) is 0 Å². The molecule has 0 amide bonds. The number of halogens is 3. The number of fused-ring (bicyclic) bond motifs is 1. The Hall–Kier alpha value is -1.92. The van der Waals surface area contributed by atoms with E-state index in [2.05, 4.69) is 21.2 Å². The van der Waals surface area contributed by atoms with Crippen molar-refractivity contribution in [3.8, 4) is 17.2 Å². The van der Waals surface area contributed by atoms with Gasteiger partial charge in [-0.05, 0) is 48.0 Å². The summed E-state index contributed by atoms with van der Waals surface area (Å²) in [5, 5.41) is 4.64. The van der Waals surface area contributed by atoms with Crippen molar-refractivity contribution in [2.24, 2.45) is 0 Å². The second-order valence-electron chi connectivity index (χ2n) is 6.53. The van der Waals surface area contributed by atoms with Gasteiger partial charge in [0.25, 0.3) is 0 Å². The highest BCUT2D eigenvalue weighted by Crippen LogP contribution is 2.32. The molecule has 0 unspecified atom stereocenters.